The molecule has 1 unspecified atom stereocenters. The van der Waals surface area contributed by atoms with E-state index in [9.17, 15) is 0 Å². The highest BCUT2D eigenvalue weighted by Crippen LogP contribution is 2.42. The number of fused-ring (bicyclic) bond motifs is 3. The Morgan fingerprint density at radius 3 is 1.92 bits per heavy atom. The van der Waals surface area contributed by atoms with Crippen LogP contribution in [0, 0.1) is 0 Å². The van der Waals surface area contributed by atoms with E-state index in [2.05, 4.69) is 102 Å². The first-order chi connectivity index (χ1) is 17.8. The van der Waals surface area contributed by atoms with Gasteiger partial charge in [0.2, 0.25) is 0 Å². The van der Waals surface area contributed by atoms with Gasteiger partial charge in [-0.25, -0.2) is 10.4 Å². The molecule has 1 aliphatic heterocycles. The minimum absolute atomic E-state index is 0.194. The van der Waals surface area contributed by atoms with Gasteiger partial charge in [0.05, 0.1) is 0 Å². The van der Waals surface area contributed by atoms with Crippen LogP contribution >= 0.6 is 0 Å². The number of nitrogens with zero attached hydrogens (tertiary/aromatic N) is 1. The fourth-order valence-electron chi connectivity index (χ4n) is 5.00. The van der Waals surface area contributed by atoms with Gasteiger partial charge in [-0.2, -0.15) is 0 Å². The molecule has 0 spiro atoms. The Kier molecular flexibility index (Phi) is 4.90. The van der Waals surface area contributed by atoms with E-state index < -0.39 is 0 Å². The summed E-state index contributed by atoms with van der Waals surface area (Å²) in [5.74, 6) is 0.836. The first-order valence-electron chi connectivity index (χ1n) is 12.1. The van der Waals surface area contributed by atoms with Crippen LogP contribution in [0.15, 0.2) is 131 Å². The lowest BCUT2D eigenvalue weighted by Crippen LogP contribution is -2.31. The van der Waals surface area contributed by atoms with E-state index >= 15 is 0 Å². The van der Waals surface area contributed by atoms with Crippen LogP contribution in [-0.4, -0.2) is 5.84 Å². The zero-order valence-electron chi connectivity index (χ0n) is 19.5. The quantitative estimate of drug-likeness (QED) is 0.284. The Morgan fingerprint density at radius 2 is 1.22 bits per heavy atom. The number of amidine groups is 1. The van der Waals surface area contributed by atoms with Crippen molar-refractivity contribution in [1.29, 1.82) is 0 Å². The summed E-state index contributed by atoms with van der Waals surface area (Å²) in [4.78, 5) is 4.87. The van der Waals surface area contributed by atoms with Crippen LogP contribution in [0.2, 0.25) is 0 Å². The molecule has 2 N–H and O–H groups in total. The lowest BCUT2D eigenvalue weighted by Gasteiger charge is -2.08. The number of furan rings is 1. The summed E-state index contributed by atoms with van der Waals surface area (Å²) in [6.07, 6.45) is -0.194. The van der Waals surface area contributed by atoms with Crippen molar-refractivity contribution in [2.75, 3.05) is 0 Å². The molecule has 2 heterocycles. The van der Waals surface area contributed by atoms with Gasteiger partial charge < -0.3 is 9.84 Å². The molecule has 36 heavy (non-hydrogen) atoms. The molecule has 4 heteroatoms. The topological polar surface area (TPSA) is 49.6 Å². The van der Waals surface area contributed by atoms with Gasteiger partial charge in [-0.05, 0) is 34.4 Å². The number of aliphatic imine (C=N–C) groups is 1. The second kappa shape index (κ2) is 8.52. The van der Waals surface area contributed by atoms with E-state index in [1.807, 2.05) is 30.3 Å². The molecule has 0 saturated heterocycles. The van der Waals surface area contributed by atoms with Crippen LogP contribution < -0.4 is 10.9 Å². The summed E-state index contributed by atoms with van der Waals surface area (Å²) in [7, 11) is 0. The summed E-state index contributed by atoms with van der Waals surface area (Å²) in [6, 6.07) is 41.8. The van der Waals surface area contributed by atoms with Crippen LogP contribution in [0.1, 0.15) is 17.3 Å². The van der Waals surface area contributed by atoms with Crippen LogP contribution in [-0.2, 0) is 0 Å². The van der Waals surface area contributed by atoms with Crippen LogP contribution in [0.5, 0.6) is 0 Å². The molecule has 0 radical (unpaired) electrons. The number of hydrazine groups is 1. The van der Waals surface area contributed by atoms with Gasteiger partial charge in [0.15, 0.2) is 0 Å². The van der Waals surface area contributed by atoms with E-state index in [-0.39, 0.29) is 6.17 Å². The van der Waals surface area contributed by atoms with Crippen molar-refractivity contribution in [1.82, 2.24) is 10.9 Å². The third-order valence-electron chi connectivity index (χ3n) is 6.76. The van der Waals surface area contributed by atoms with Crippen LogP contribution in [0.25, 0.3) is 44.2 Å². The van der Waals surface area contributed by atoms with E-state index in [4.69, 9.17) is 9.41 Å². The van der Waals surface area contributed by atoms with Crippen molar-refractivity contribution in [2.45, 2.75) is 6.17 Å². The molecule has 5 aromatic carbocycles. The third-order valence-corrected chi connectivity index (χ3v) is 6.76. The zero-order valence-corrected chi connectivity index (χ0v) is 19.5. The number of nitrogens with one attached hydrogen (secondary N) is 2. The maximum absolute atomic E-state index is 6.62. The molecule has 172 valence electrons. The molecule has 0 amide bonds. The number of hydrogen-bond acceptors (Lipinski definition) is 4. The number of rotatable bonds is 4. The first kappa shape index (κ1) is 20.7. The Hall–Kier alpha value is -4.67. The molecule has 0 aliphatic carbocycles. The summed E-state index contributed by atoms with van der Waals surface area (Å²) in [6.45, 7) is 0. The van der Waals surface area contributed by atoms with Crippen molar-refractivity contribution in [3.8, 4) is 22.3 Å². The van der Waals surface area contributed by atoms with Crippen molar-refractivity contribution in [3.63, 3.8) is 0 Å². The van der Waals surface area contributed by atoms with Gasteiger partial charge in [-0.1, -0.05) is 109 Å². The lowest BCUT2D eigenvalue weighted by atomic mass is 9.94. The molecule has 0 bridgehead atoms. The second-order valence-corrected chi connectivity index (χ2v) is 8.97. The first-order valence-corrected chi connectivity index (χ1v) is 12.1. The standard InChI is InChI=1S/C32H23N3O/c1-4-10-21(11-5-1)25-18-19-26(22-12-6-2-7-13-22)30-29(25)27-17-16-24(20-28(27)36-30)32-33-31(34-35-32)23-14-8-3-9-15-23/h1-20,32,35H,(H,33,34). The van der Waals surface area contributed by atoms with E-state index in [0.29, 0.717) is 0 Å². The monoisotopic (exact) mass is 465 g/mol. The summed E-state index contributed by atoms with van der Waals surface area (Å²) in [5.41, 5.74) is 15.0. The van der Waals surface area contributed by atoms with E-state index in [1.54, 1.807) is 0 Å². The predicted octanol–water partition coefficient (Wildman–Crippen LogP) is 7.47. The third kappa shape index (κ3) is 3.47. The smallest absolute Gasteiger partial charge is 0.144 e. The highest BCUT2D eigenvalue weighted by atomic mass is 16.3. The van der Waals surface area contributed by atoms with Gasteiger partial charge >= 0.3 is 0 Å². The van der Waals surface area contributed by atoms with E-state index in [0.717, 1.165) is 50.0 Å². The van der Waals surface area contributed by atoms with Gasteiger partial charge in [-0.15, -0.1) is 0 Å². The summed E-state index contributed by atoms with van der Waals surface area (Å²) < 4.78 is 6.62. The second-order valence-electron chi connectivity index (χ2n) is 8.97. The molecule has 6 aromatic rings. The van der Waals surface area contributed by atoms with Gasteiger partial charge in [0, 0.05) is 21.9 Å². The largest absolute Gasteiger partial charge is 0.455 e. The minimum atomic E-state index is -0.194. The lowest BCUT2D eigenvalue weighted by molar-refractivity contribution is 0.573. The maximum atomic E-state index is 6.62. The van der Waals surface area contributed by atoms with Gasteiger partial charge in [-0.3, -0.25) is 0 Å². The molecule has 1 aromatic heterocycles. The Balaban J connectivity index is 1.40. The molecule has 4 nitrogen and oxygen atoms in total. The minimum Gasteiger partial charge on any atom is -0.455 e. The number of hydrogen-bond donors (Lipinski definition) is 2. The molecule has 0 fully saturated rings. The van der Waals surface area contributed by atoms with Crippen LogP contribution in [0.3, 0.4) is 0 Å². The van der Waals surface area contributed by atoms with Crippen LogP contribution in [0.4, 0.5) is 0 Å². The average molecular weight is 466 g/mol. The molecular weight excluding hydrogens is 442 g/mol. The van der Waals surface area contributed by atoms with Gasteiger partial charge in [0.25, 0.3) is 0 Å². The highest BCUT2D eigenvalue weighted by molar-refractivity contribution is 6.16. The Labute approximate surface area is 208 Å². The van der Waals surface area contributed by atoms with Crippen molar-refractivity contribution in [2.24, 2.45) is 4.99 Å². The zero-order chi connectivity index (χ0) is 23.9. The summed E-state index contributed by atoms with van der Waals surface area (Å²) in [5, 5.41) is 2.23. The predicted molar refractivity (Wildman–Crippen MR) is 147 cm³/mol. The van der Waals surface area contributed by atoms with Crippen molar-refractivity contribution < 1.29 is 4.42 Å². The van der Waals surface area contributed by atoms with Gasteiger partial charge in [0.1, 0.15) is 23.2 Å². The molecule has 1 atom stereocenters. The fraction of sp³-hybridized carbons (Fsp3) is 0.0312. The van der Waals surface area contributed by atoms with E-state index in [1.165, 1.54) is 11.1 Å². The molecule has 0 saturated carbocycles. The average Bonchev–Trinajstić information content (AvgIpc) is 3.59. The molecule has 1 aliphatic rings. The maximum Gasteiger partial charge on any atom is 0.144 e. The molecular formula is C32H23N3O. The van der Waals surface area contributed by atoms with Crippen molar-refractivity contribution >= 4 is 27.8 Å². The fourth-order valence-corrected chi connectivity index (χ4v) is 5.00. The highest BCUT2D eigenvalue weighted by Gasteiger charge is 2.22. The SMILES string of the molecule is c1ccc(C2=NC(c3ccc4c(c3)oc3c(-c5ccccc5)ccc(-c5ccccc5)c34)NN2)cc1. The normalized spacial score (nSPS) is 15.2. The molecule has 7 rings (SSSR count). The number of benzene rings is 5. The van der Waals surface area contributed by atoms with Crippen molar-refractivity contribution in [3.05, 3.63) is 132 Å². The Bertz CT molecular complexity index is 1720. The summed E-state index contributed by atoms with van der Waals surface area (Å²) >= 11 is 0. The Morgan fingerprint density at radius 1 is 0.611 bits per heavy atom.